The second-order valence-corrected chi connectivity index (χ2v) is 4.43. The van der Waals surface area contributed by atoms with Crippen LogP contribution in [-0.4, -0.2) is 20.8 Å². The molecule has 17 heavy (non-hydrogen) atoms. The van der Waals surface area contributed by atoms with Gasteiger partial charge in [-0.15, -0.1) is 5.10 Å². The fraction of sp³-hybridized carbons (Fsp3) is 0.462. The van der Waals surface area contributed by atoms with Crippen molar-refractivity contribution in [3.8, 4) is 0 Å². The summed E-state index contributed by atoms with van der Waals surface area (Å²) in [6, 6.07) is 0. The van der Waals surface area contributed by atoms with Gasteiger partial charge in [-0.05, 0) is 32.8 Å². The molecule has 0 aliphatic rings. The molecule has 0 N–H and O–H groups in total. The average molecular weight is 232 g/mol. The minimum Gasteiger partial charge on any atom is -0.237 e. The second-order valence-electron chi connectivity index (χ2n) is 4.43. The van der Waals surface area contributed by atoms with Crippen molar-refractivity contribution in [2.24, 2.45) is 4.99 Å². The van der Waals surface area contributed by atoms with Crippen molar-refractivity contribution in [1.29, 1.82) is 0 Å². The van der Waals surface area contributed by atoms with Gasteiger partial charge in [0.25, 0.3) is 0 Å². The third-order valence-corrected chi connectivity index (χ3v) is 2.11. The van der Waals surface area contributed by atoms with Gasteiger partial charge in [-0.1, -0.05) is 30.7 Å². The molecule has 0 saturated heterocycles. The molecular formula is C13H20N4. The lowest BCUT2D eigenvalue weighted by atomic mass is 10.2. The van der Waals surface area contributed by atoms with Gasteiger partial charge in [0, 0.05) is 6.20 Å². The van der Waals surface area contributed by atoms with Crippen LogP contribution in [0.1, 0.15) is 46.2 Å². The third-order valence-electron chi connectivity index (χ3n) is 2.11. The minimum atomic E-state index is 0.374. The van der Waals surface area contributed by atoms with Gasteiger partial charge in [0.05, 0.1) is 11.9 Å². The third kappa shape index (κ3) is 3.98. The smallest absolute Gasteiger partial charge is 0.154 e. The summed E-state index contributed by atoms with van der Waals surface area (Å²) in [4.78, 5) is 4.35. The minimum absolute atomic E-state index is 0.374. The van der Waals surface area contributed by atoms with Gasteiger partial charge < -0.3 is 0 Å². The first-order valence-electron chi connectivity index (χ1n) is 5.81. The van der Waals surface area contributed by atoms with Gasteiger partial charge in [0.1, 0.15) is 0 Å². The highest BCUT2D eigenvalue weighted by Crippen LogP contribution is 2.09. The largest absolute Gasteiger partial charge is 0.237 e. The zero-order valence-corrected chi connectivity index (χ0v) is 11.2. The van der Waals surface area contributed by atoms with Gasteiger partial charge in [0.2, 0.25) is 0 Å². The van der Waals surface area contributed by atoms with E-state index in [0.717, 1.165) is 11.5 Å². The molecule has 1 heterocycles. The topological polar surface area (TPSA) is 43.1 Å². The van der Waals surface area contributed by atoms with Crippen LogP contribution in [-0.2, 0) is 0 Å². The molecule has 1 aromatic heterocycles. The molecule has 1 rings (SSSR count). The molecule has 0 fully saturated rings. The molecule has 0 saturated carbocycles. The number of aliphatic imine (C=N–C) groups is 1. The Balaban J connectivity index is 3.09. The van der Waals surface area contributed by atoms with Crippen molar-refractivity contribution < 1.29 is 0 Å². The standard InChI is InChI=1S/C13H20N4/c1-6-7-14-13(8-10(2)3)17-9-12(11(4)5)15-16-17/h6-9,11H,1-5H3/b7-6-,14-13?. The van der Waals surface area contributed by atoms with Crippen LogP contribution in [0.25, 0.3) is 0 Å². The van der Waals surface area contributed by atoms with Crippen molar-refractivity contribution in [2.45, 2.75) is 40.5 Å². The molecule has 0 bridgehead atoms. The fourth-order valence-corrected chi connectivity index (χ4v) is 1.22. The molecule has 1 aromatic rings. The van der Waals surface area contributed by atoms with Crippen molar-refractivity contribution >= 4 is 5.84 Å². The highest BCUT2D eigenvalue weighted by atomic mass is 15.4. The second kappa shape index (κ2) is 6.13. The Kier molecular flexibility index (Phi) is 4.82. The summed E-state index contributed by atoms with van der Waals surface area (Å²) in [7, 11) is 0. The van der Waals surface area contributed by atoms with Crippen molar-refractivity contribution in [3.05, 3.63) is 35.8 Å². The summed E-state index contributed by atoms with van der Waals surface area (Å²) in [6.07, 6.45) is 7.55. The van der Waals surface area contributed by atoms with E-state index in [2.05, 4.69) is 29.2 Å². The van der Waals surface area contributed by atoms with Gasteiger partial charge in [-0.3, -0.25) is 0 Å². The number of hydrogen-bond donors (Lipinski definition) is 0. The Bertz CT molecular complexity index is 446. The predicted octanol–water partition coefficient (Wildman–Crippen LogP) is 3.15. The monoisotopic (exact) mass is 232 g/mol. The molecule has 0 amide bonds. The zero-order valence-electron chi connectivity index (χ0n) is 11.2. The van der Waals surface area contributed by atoms with Crippen molar-refractivity contribution in [3.63, 3.8) is 0 Å². The SMILES string of the molecule is C/C=C\N=C(C=C(C)C)n1cc(C(C)C)nn1. The molecule has 92 valence electrons. The normalized spacial score (nSPS) is 12.5. The van der Waals surface area contributed by atoms with E-state index in [1.54, 1.807) is 10.9 Å². The molecule has 0 spiro atoms. The molecule has 0 unspecified atom stereocenters. The zero-order chi connectivity index (χ0) is 12.8. The van der Waals surface area contributed by atoms with E-state index in [-0.39, 0.29) is 0 Å². The maximum absolute atomic E-state index is 4.35. The molecule has 0 aliphatic heterocycles. The fourth-order valence-electron chi connectivity index (χ4n) is 1.22. The highest BCUT2D eigenvalue weighted by Gasteiger charge is 2.07. The van der Waals surface area contributed by atoms with E-state index >= 15 is 0 Å². The maximum atomic E-state index is 4.35. The highest BCUT2D eigenvalue weighted by molar-refractivity contribution is 5.94. The number of hydrogen-bond acceptors (Lipinski definition) is 3. The van der Waals surface area contributed by atoms with Gasteiger partial charge in [-0.2, -0.15) is 0 Å². The first kappa shape index (κ1) is 13.4. The molecule has 0 aromatic carbocycles. The van der Waals surface area contributed by atoms with E-state index in [9.17, 15) is 0 Å². The van der Waals surface area contributed by atoms with Gasteiger partial charge in [0.15, 0.2) is 5.84 Å². The summed E-state index contributed by atoms with van der Waals surface area (Å²) in [5.41, 5.74) is 2.15. The number of aromatic nitrogens is 3. The van der Waals surface area contributed by atoms with Crippen LogP contribution in [0, 0.1) is 0 Å². The van der Waals surface area contributed by atoms with Crippen LogP contribution < -0.4 is 0 Å². The van der Waals surface area contributed by atoms with E-state index < -0.39 is 0 Å². The first-order valence-corrected chi connectivity index (χ1v) is 5.81. The van der Waals surface area contributed by atoms with E-state index in [1.807, 2.05) is 39.1 Å². The Hall–Kier alpha value is -1.71. The Morgan fingerprint density at radius 2 is 2.12 bits per heavy atom. The van der Waals surface area contributed by atoms with Crippen molar-refractivity contribution in [1.82, 2.24) is 15.0 Å². The maximum Gasteiger partial charge on any atom is 0.154 e. The van der Waals surface area contributed by atoms with Crippen LogP contribution in [0.3, 0.4) is 0 Å². The van der Waals surface area contributed by atoms with Crippen LogP contribution in [0.2, 0.25) is 0 Å². The van der Waals surface area contributed by atoms with E-state index in [1.165, 1.54) is 5.57 Å². The predicted molar refractivity (Wildman–Crippen MR) is 71.2 cm³/mol. The summed E-state index contributed by atoms with van der Waals surface area (Å²) in [6.45, 7) is 10.2. The molecule has 4 heteroatoms. The molecular weight excluding hydrogens is 212 g/mol. The van der Waals surface area contributed by atoms with Crippen LogP contribution >= 0.6 is 0 Å². The number of allylic oxidation sites excluding steroid dienone is 3. The summed E-state index contributed by atoms with van der Waals surface area (Å²) in [5.74, 6) is 1.15. The number of nitrogens with zero attached hydrogens (tertiary/aromatic N) is 4. The lowest BCUT2D eigenvalue weighted by Gasteiger charge is -2.00. The lowest BCUT2D eigenvalue weighted by molar-refractivity contribution is 0.791. The molecule has 0 atom stereocenters. The lowest BCUT2D eigenvalue weighted by Crippen LogP contribution is -2.10. The summed E-state index contributed by atoms with van der Waals surface area (Å²) < 4.78 is 1.71. The van der Waals surface area contributed by atoms with E-state index in [0.29, 0.717) is 5.92 Å². The first-order chi connectivity index (χ1) is 8.04. The van der Waals surface area contributed by atoms with Gasteiger partial charge >= 0.3 is 0 Å². The molecule has 0 radical (unpaired) electrons. The molecule has 4 nitrogen and oxygen atoms in total. The van der Waals surface area contributed by atoms with Crippen LogP contribution in [0.4, 0.5) is 0 Å². The Labute approximate surface area is 103 Å². The average Bonchev–Trinajstić information content (AvgIpc) is 2.72. The van der Waals surface area contributed by atoms with Gasteiger partial charge in [-0.25, -0.2) is 9.67 Å². The summed E-state index contributed by atoms with van der Waals surface area (Å²) >= 11 is 0. The number of rotatable bonds is 3. The van der Waals surface area contributed by atoms with Crippen LogP contribution in [0.5, 0.6) is 0 Å². The summed E-state index contributed by atoms with van der Waals surface area (Å²) in [5, 5.41) is 8.23. The molecule has 0 aliphatic carbocycles. The van der Waals surface area contributed by atoms with Crippen LogP contribution in [0.15, 0.2) is 35.1 Å². The quantitative estimate of drug-likeness (QED) is 0.593. The van der Waals surface area contributed by atoms with E-state index in [4.69, 9.17) is 0 Å². The Morgan fingerprint density at radius 1 is 1.41 bits per heavy atom. The Morgan fingerprint density at radius 3 is 2.59 bits per heavy atom. The van der Waals surface area contributed by atoms with Crippen molar-refractivity contribution in [2.75, 3.05) is 0 Å².